The number of nitrogens with one attached hydrogen (secondary N) is 1. The van der Waals surface area contributed by atoms with Gasteiger partial charge >= 0.3 is 6.03 Å². The first kappa shape index (κ1) is 16.0. The number of halogens is 1. The number of benzene rings is 3. The minimum absolute atomic E-state index is 0.105. The highest BCUT2D eigenvalue weighted by Crippen LogP contribution is 2.21. The van der Waals surface area contributed by atoms with Crippen LogP contribution in [0.4, 0.5) is 9.18 Å². The molecule has 26 heavy (non-hydrogen) atoms. The zero-order valence-corrected chi connectivity index (χ0v) is 13.8. The van der Waals surface area contributed by atoms with Crippen LogP contribution in [-0.2, 0) is 11.3 Å². The van der Waals surface area contributed by atoms with Crippen molar-refractivity contribution in [3.05, 3.63) is 89.4 Å². The predicted octanol–water partition coefficient (Wildman–Crippen LogP) is 4.07. The molecule has 128 valence electrons. The summed E-state index contributed by atoms with van der Waals surface area (Å²) in [4.78, 5) is 25.7. The normalized spacial score (nSPS) is 15.7. The Kier molecular flexibility index (Phi) is 3.97. The highest BCUT2D eigenvalue weighted by molar-refractivity contribution is 6.14. The van der Waals surface area contributed by atoms with Crippen LogP contribution in [0, 0.1) is 5.82 Å². The lowest BCUT2D eigenvalue weighted by atomic mass is 10.1. The van der Waals surface area contributed by atoms with Crippen molar-refractivity contribution in [1.29, 1.82) is 0 Å². The molecule has 0 aliphatic carbocycles. The summed E-state index contributed by atoms with van der Waals surface area (Å²) < 4.78 is 13.8. The molecule has 1 N–H and O–H groups in total. The van der Waals surface area contributed by atoms with E-state index in [1.165, 1.54) is 6.07 Å². The number of amides is 3. The summed E-state index contributed by atoms with van der Waals surface area (Å²) in [6, 6.07) is 19.2. The summed E-state index contributed by atoms with van der Waals surface area (Å²) in [5, 5.41) is 4.70. The van der Waals surface area contributed by atoms with Crippen LogP contribution in [0.1, 0.15) is 11.1 Å². The van der Waals surface area contributed by atoms with Crippen LogP contribution in [0.15, 0.2) is 72.4 Å². The van der Waals surface area contributed by atoms with Gasteiger partial charge in [-0.05, 0) is 34.5 Å². The lowest BCUT2D eigenvalue weighted by Crippen LogP contribution is -2.30. The SMILES string of the molecule is O=C1N/C(=C\c2ccc3ccccc3c2)C(=O)N1Cc1ccccc1F. The van der Waals surface area contributed by atoms with Gasteiger partial charge in [-0.2, -0.15) is 0 Å². The molecule has 3 aromatic carbocycles. The Morgan fingerprint density at radius 1 is 0.923 bits per heavy atom. The Morgan fingerprint density at radius 3 is 2.46 bits per heavy atom. The number of fused-ring (bicyclic) bond motifs is 1. The van der Waals surface area contributed by atoms with Gasteiger partial charge in [-0.3, -0.25) is 9.69 Å². The van der Waals surface area contributed by atoms with Crippen LogP contribution in [0.2, 0.25) is 0 Å². The molecule has 3 amide bonds. The topological polar surface area (TPSA) is 49.4 Å². The van der Waals surface area contributed by atoms with E-state index in [9.17, 15) is 14.0 Å². The van der Waals surface area contributed by atoms with Gasteiger partial charge < -0.3 is 5.32 Å². The van der Waals surface area contributed by atoms with Gasteiger partial charge in [-0.15, -0.1) is 0 Å². The Hall–Kier alpha value is -3.47. The molecule has 0 unspecified atom stereocenters. The third kappa shape index (κ3) is 2.95. The second kappa shape index (κ2) is 6.44. The maximum absolute atomic E-state index is 13.8. The minimum Gasteiger partial charge on any atom is -0.303 e. The Labute approximate surface area is 149 Å². The zero-order valence-electron chi connectivity index (χ0n) is 13.8. The molecule has 0 spiro atoms. The highest BCUT2D eigenvalue weighted by atomic mass is 19.1. The molecule has 5 heteroatoms. The van der Waals surface area contributed by atoms with Crippen LogP contribution < -0.4 is 5.32 Å². The Morgan fingerprint density at radius 2 is 1.65 bits per heavy atom. The average Bonchev–Trinajstić information content (AvgIpc) is 2.91. The number of carbonyl (C=O) groups is 2. The van der Waals surface area contributed by atoms with Gasteiger partial charge in [0.2, 0.25) is 0 Å². The molecule has 1 aliphatic heterocycles. The molecule has 1 fully saturated rings. The predicted molar refractivity (Wildman–Crippen MR) is 97.4 cm³/mol. The maximum atomic E-state index is 13.8. The molecule has 0 radical (unpaired) electrons. The second-order valence-electron chi connectivity index (χ2n) is 6.08. The molecular weight excluding hydrogens is 331 g/mol. The Balaban J connectivity index is 1.61. The molecular formula is C21H15FN2O2. The van der Waals surface area contributed by atoms with Gasteiger partial charge in [0.1, 0.15) is 11.5 Å². The summed E-state index contributed by atoms with van der Waals surface area (Å²) in [6.07, 6.45) is 1.63. The van der Waals surface area contributed by atoms with E-state index in [4.69, 9.17) is 0 Å². The molecule has 4 nitrogen and oxygen atoms in total. The summed E-state index contributed by atoms with van der Waals surface area (Å²) in [5.41, 5.74) is 1.28. The van der Waals surface area contributed by atoms with Gasteiger partial charge in [-0.25, -0.2) is 9.18 Å². The first-order valence-corrected chi connectivity index (χ1v) is 8.18. The average molecular weight is 346 g/mol. The zero-order chi connectivity index (χ0) is 18.1. The van der Waals surface area contributed by atoms with Crippen molar-refractivity contribution in [3.63, 3.8) is 0 Å². The number of rotatable bonds is 3. The molecule has 0 saturated carbocycles. The summed E-state index contributed by atoms with van der Waals surface area (Å²) in [6.45, 7) is -0.105. The van der Waals surface area contributed by atoms with E-state index in [-0.39, 0.29) is 12.2 Å². The highest BCUT2D eigenvalue weighted by Gasteiger charge is 2.33. The maximum Gasteiger partial charge on any atom is 0.329 e. The van der Waals surface area contributed by atoms with E-state index in [1.807, 2.05) is 42.5 Å². The smallest absolute Gasteiger partial charge is 0.303 e. The van der Waals surface area contributed by atoms with Crippen molar-refractivity contribution in [2.24, 2.45) is 0 Å². The quantitative estimate of drug-likeness (QED) is 0.574. The number of nitrogens with zero attached hydrogens (tertiary/aromatic N) is 1. The third-order valence-corrected chi connectivity index (χ3v) is 4.33. The molecule has 0 bridgehead atoms. The largest absolute Gasteiger partial charge is 0.329 e. The van der Waals surface area contributed by atoms with E-state index in [0.29, 0.717) is 5.56 Å². The van der Waals surface area contributed by atoms with E-state index in [2.05, 4.69) is 5.32 Å². The summed E-state index contributed by atoms with van der Waals surface area (Å²) in [7, 11) is 0. The third-order valence-electron chi connectivity index (χ3n) is 4.33. The molecule has 1 saturated heterocycles. The fourth-order valence-electron chi connectivity index (χ4n) is 2.98. The minimum atomic E-state index is -0.551. The van der Waals surface area contributed by atoms with Crippen molar-refractivity contribution >= 4 is 28.8 Å². The van der Waals surface area contributed by atoms with E-state index in [1.54, 1.807) is 24.3 Å². The molecule has 3 aromatic rings. The molecule has 1 aliphatic rings. The lowest BCUT2D eigenvalue weighted by Gasteiger charge is -2.12. The Bertz CT molecular complexity index is 1060. The molecule has 4 rings (SSSR count). The standard InChI is InChI=1S/C21H15FN2O2/c22-18-8-4-3-7-17(18)13-24-20(25)19(23-21(24)26)12-14-9-10-15-5-1-2-6-16(15)11-14/h1-12H,13H2,(H,23,26)/b19-12-. The van der Waals surface area contributed by atoms with Crippen LogP contribution in [-0.4, -0.2) is 16.8 Å². The van der Waals surface area contributed by atoms with Crippen LogP contribution in [0.5, 0.6) is 0 Å². The van der Waals surface area contributed by atoms with Crippen molar-refractivity contribution < 1.29 is 14.0 Å². The van der Waals surface area contributed by atoms with Crippen molar-refractivity contribution in [1.82, 2.24) is 10.2 Å². The number of urea groups is 1. The molecule has 0 atom stereocenters. The summed E-state index contributed by atoms with van der Waals surface area (Å²) >= 11 is 0. The van der Waals surface area contributed by atoms with E-state index >= 15 is 0 Å². The summed E-state index contributed by atoms with van der Waals surface area (Å²) in [5.74, 6) is -0.911. The van der Waals surface area contributed by atoms with Crippen molar-refractivity contribution in [2.45, 2.75) is 6.54 Å². The van der Waals surface area contributed by atoms with Crippen molar-refractivity contribution in [3.8, 4) is 0 Å². The van der Waals surface area contributed by atoms with Gasteiger partial charge in [0, 0.05) is 5.56 Å². The fraction of sp³-hybridized carbons (Fsp3) is 0.0476. The monoisotopic (exact) mass is 346 g/mol. The number of hydrogen-bond acceptors (Lipinski definition) is 2. The first-order chi connectivity index (χ1) is 12.6. The first-order valence-electron chi connectivity index (χ1n) is 8.18. The van der Waals surface area contributed by atoms with Gasteiger partial charge in [0.15, 0.2) is 0 Å². The van der Waals surface area contributed by atoms with E-state index < -0.39 is 17.8 Å². The fourth-order valence-corrected chi connectivity index (χ4v) is 2.98. The lowest BCUT2D eigenvalue weighted by molar-refractivity contribution is -0.123. The molecule has 1 heterocycles. The number of imide groups is 1. The number of hydrogen-bond donors (Lipinski definition) is 1. The van der Waals surface area contributed by atoms with Gasteiger partial charge in [0.25, 0.3) is 5.91 Å². The van der Waals surface area contributed by atoms with Crippen LogP contribution in [0.3, 0.4) is 0 Å². The van der Waals surface area contributed by atoms with Crippen molar-refractivity contribution in [2.75, 3.05) is 0 Å². The van der Waals surface area contributed by atoms with Crippen LogP contribution >= 0.6 is 0 Å². The number of carbonyl (C=O) groups excluding carboxylic acids is 2. The van der Waals surface area contributed by atoms with Gasteiger partial charge in [0.05, 0.1) is 6.54 Å². The second-order valence-corrected chi connectivity index (χ2v) is 6.08. The van der Waals surface area contributed by atoms with Crippen LogP contribution in [0.25, 0.3) is 16.8 Å². The molecule has 0 aromatic heterocycles. The van der Waals surface area contributed by atoms with E-state index in [0.717, 1.165) is 21.2 Å². The van der Waals surface area contributed by atoms with Gasteiger partial charge in [-0.1, -0.05) is 54.6 Å².